The largest absolute Gasteiger partial charge is 0.368 e. The van der Waals surface area contributed by atoms with Gasteiger partial charge in [0.15, 0.2) is 5.78 Å². The van der Waals surface area contributed by atoms with Crippen LogP contribution in [0.15, 0.2) is 0 Å². The van der Waals surface area contributed by atoms with Crippen LogP contribution in [0, 0.1) is 0 Å². The van der Waals surface area contributed by atoms with Crippen LogP contribution in [0.1, 0.15) is 6.42 Å². The van der Waals surface area contributed by atoms with E-state index < -0.39 is 0 Å². The molecule has 0 aromatic rings. The number of hydrogen-bond acceptors (Lipinski definition) is 3. The fraction of sp³-hybridized carbons (Fsp3) is 0.833. The van der Waals surface area contributed by atoms with Gasteiger partial charge in [0.05, 0.1) is 6.10 Å². The normalized spacial score (nSPS) is 40.7. The summed E-state index contributed by atoms with van der Waals surface area (Å²) in [6, 6.07) is -0.151. The Hall–Kier alpha value is -0.120. The quantitative estimate of drug-likeness (QED) is 0.475. The predicted molar refractivity (Wildman–Crippen MR) is 35.7 cm³/mol. The first kappa shape index (κ1) is 6.58. The van der Waals surface area contributed by atoms with Gasteiger partial charge < -0.3 is 4.74 Å². The molecule has 0 aromatic carbocycles. The van der Waals surface area contributed by atoms with Crippen LogP contribution in [0.4, 0.5) is 0 Å². The van der Waals surface area contributed by atoms with Gasteiger partial charge >= 0.3 is 0 Å². The zero-order chi connectivity index (χ0) is 7.14. The van der Waals surface area contributed by atoms with Crippen molar-refractivity contribution in [1.29, 1.82) is 0 Å². The van der Waals surface area contributed by atoms with Gasteiger partial charge in [0.1, 0.15) is 12.6 Å². The number of nitrogens with zero attached hydrogens (tertiary/aromatic N) is 1. The predicted octanol–water partition coefficient (Wildman–Crippen LogP) is 0.182. The summed E-state index contributed by atoms with van der Waals surface area (Å²) in [4.78, 5) is 11.0. The van der Waals surface area contributed by atoms with Gasteiger partial charge in [-0.1, -0.05) is 0 Å². The smallest absolute Gasteiger partial charge is 0.179 e. The van der Waals surface area contributed by atoms with Crippen molar-refractivity contribution in [2.45, 2.75) is 18.6 Å². The maximum absolute atomic E-state index is 11.0. The molecule has 0 aromatic heterocycles. The molecule has 0 radical (unpaired) electrons. The van der Waals surface area contributed by atoms with Crippen molar-refractivity contribution in [2.75, 3.05) is 13.2 Å². The Labute approximate surface area is 64.0 Å². The molecule has 0 amide bonds. The maximum atomic E-state index is 11.0. The van der Waals surface area contributed by atoms with Crippen molar-refractivity contribution in [1.82, 2.24) is 4.42 Å². The molecule has 0 spiro atoms. The zero-order valence-corrected chi connectivity index (χ0v) is 6.17. The lowest BCUT2D eigenvalue weighted by atomic mass is 10.1. The van der Waals surface area contributed by atoms with E-state index in [1.54, 1.807) is 4.42 Å². The second kappa shape index (κ2) is 2.19. The van der Waals surface area contributed by atoms with Crippen molar-refractivity contribution in [3.63, 3.8) is 0 Å². The molecule has 2 unspecified atom stereocenters. The van der Waals surface area contributed by atoms with Crippen LogP contribution in [-0.2, 0) is 9.53 Å². The number of hydrogen-bond donors (Lipinski definition) is 0. The Bertz CT molecular complexity index is 173. The summed E-state index contributed by atoms with van der Waals surface area (Å²) in [7, 11) is 0. The van der Waals surface area contributed by atoms with Crippen LogP contribution in [-0.4, -0.2) is 35.5 Å². The molecule has 10 heavy (non-hydrogen) atoms. The Morgan fingerprint density at radius 3 is 3.20 bits per heavy atom. The Morgan fingerprint density at radius 2 is 2.50 bits per heavy atom. The molecule has 56 valence electrons. The number of rotatable bonds is 0. The summed E-state index contributed by atoms with van der Waals surface area (Å²) >= 11 is 5.74. The second-order valence-electron chi connectivity index (χ2n) is 2.67. The van der Waals surface area contributed by atoms with Gasteiger partial charge in [0, 0.05) is 6.54 Å². The number of fused-ring (bicyclic) bond motifs is 1. The molecule has 4 heteroatoms. The number of Topliss-reactive ketones (excluding diaryl/α,β-unsaturated/α-hetero) is 1. The van der Waals surface area contributed by atoms with Gasteiger partial charge in [-0.05, 0) is 18.2 Å². The number of carbonyl (C=O) groups excluding carboxylic acids is 1. The van der Waals surface area contributed by atoms with Crippen LogP contribution in [0.5, 0.6) is 0 Å². The first-order valence-corrected chi connectivity index (χ1v) is 3.69. The molecule has 2 aliphatic heterocycles. The highest BCUT2D eigenvalue weighted by atomic mass is 35.5. The Kier molecular flexibility index (Phi) is 1.44. The van der Waals surface area contributed by atoms with E-state index in [1.165, 1.54) is 0 Å². The third kappa shape index (κ3) is 0.779. The average molecular weight is 162 g/mol. The lowest BCUT2D eigenvalue weighted by molar-refractivity contribution is -0.120. The van der Waals surface area contributed by atoms with E-state index in [0.29, 0.717) is 0 Å². The average Bonchev–Trinajstić information content (AvgIpc) is 2.40. The molecule has 2 fully saturated rings. The minimum absolute atomic E-state index is 0.0741. The summed E-state index contributed by atoms with van der Waals surface area (Å²) in [5, 5.41) is 0. The van der Waals surface area contributed by atoms with Crippen molar-refractivity contribution < 1.29 is 9.53 Å². The van der Waals surface area contributed by atoms with E-state index in [2.05, 4.69) is 0 Å². The topological polar surface area (TPSA) is 29.5 Å². The molecule has 3 nitrogen and oxygen atoms in total. The second-order valence-corrected chi connectivity index (χ2v) is 3.11. The number of ketones is 1. The SMILES string of the molecule is O=C1COC2CCN(Cl)C12. The van der Waals surface area contributed by atoms with E-state index in [0.717, 1.165) is 13.0 Å². The van der Waals surface area contributed by atoms with Gasteiger partial charge in [-0.3, -0.25) is 4.79 Å². The lowest BCUT2D eigenvalue weighted by Crippen LogP contribution is -2.31. The number of ether oxygens (including phenoxy) is 1. The van der Waals surface area contributed by atoms with Gasteiger partial charge in [0.25, 0.3) is 0 Å². The molecule has 2 saturated heterocycles. The van der Waals surface area contributed by atoms with E-state index in [-0.39, 0.29) is 24.5 Å². The zero-order valence-electron chi connectivity index (χ0n) is 5.42. The monoisotopic (exact) mass is 161 g/mol. The van der Waals surface area contributed by atoms with E-state index in [4.69, 9.17) is 16.5 Å². The third-order valence-electron chi connectivity index (χ3n) is 2.05. The molecule has 2 rings (SSSR count). The van der Waals surface area contributed by atoms with Crippen molar-refractivity contribution in [2.24, 2.45) is 0 Å². The summed E-state index contributed by atoms with van der Waals surface area (Å²) in [5.74, 6) is 0.123. The molecule has 0 bridgehead atoms. The molecule has 0 saturated carbocycles. The van der Waals surface area contributed by atoms with Gasteiger partial charge in [-0.15, -0.1) is 0 Å². The van der Waals surface area contributed by atoms with Crippen LogP contribution in [0.3, 0.4) is 0 Å². The summed E-state index contributed by atoms with van der Waals surface area (Å²) in [5.41, 5.74) is 0. The lowest BCUT2D eigenvalue weighted by Gasteiger charge is -2.10. The van der Waals surface area contributed by atoms with E-state index in [9.17, 15) is 4.79 Å². The summed E-state index contributed by atoms with van der Waals surface area (Å²) in [6.45, 7) is 1.02. The van der Waals surface area contributed by atoms with Gasteiger partial charge in [-0.2, -0.15) is 0 Å². The first-order valence-electron chi connectivity index (χ1n) is 3.36. The Morgan fingerprint density at radius 1 is 1.70 bits per heavy atom. The summed E-state index contributed by atoms with van der Waals surface area (Å²) in [6.07, 6.45) is 0.963. The van der Waals surface area contributed by atoms with E-state index in [1.807, 2.05) is 0 Å². The highest BCUT2D eigenvalue weighted by Crippen LogP contribution is 2.27. The highest BCUT2D eigenvalue weighted by molar-refractivity contribution is 6.15. The number of halogens is 1. The fourth-order valence-electron chi connectivity index (χ4n) is 1.54. The number of carbonyl (C=O) groups is 1. The van der Waals surface area contributed by atoms with Gasteiger partial charge in [-0.25, -0.2) is 4.42 Å². The van der Waals surface area contributed by atoms with Crippen LogP contribution in [0.25, 0.3) is 0 Å². The molecule has 2 atom stereocenters. The summed E-state index contributed by atoms with van der Waals surface area (Å²) < 4.78 is 6.74. The standard InChI is InChI=1S/C6H8ClNO2/c7-8-2-1-5-6(8)4(9)3-10-5/h5-6H,1-3H2. The minimum atomic E-state index is -0.151. The fourth-order valence-corrected chi connectivity index (χ4v) is 1.87. The Balaban J connectivity index is 2.19. The molecule has 0 N–H and O–H groups in total. The minimum Gasteiger partial charge on any atom is -0.368 e. The van der Waals surface area contributed by atoms with Crippen LogP contribution >= 0.6 is 11.8 Å². The molecule has 0 aliphatic carbocycles. The van der Waals surface area contributed by atoms with Crippen molar-refractivity contribution >= 4 is 17.6 Å². The molecular formula is C6H8ClNO2. The van der Waals surface area contributed by atoms with Crippen molar-refractivity contribution in [3.05, 3.63) is 0 Å². The first-order chi connectivity index (χ1) is 4.79. The molecular weight excluding hydrogens is 154 g/mol. The third-order valence-corrected chi connectivity index (χ3v) is 2.43. The van der Waals surface area contributed by atoms with Crippen molar-refractivity contribution in [3.8, 4) is 0 Å². The van der Waals surface area contributed by atoms with Gasteiger partial charge in [0.2, 0.25) is 0 Å². The molecule has 2 aliphatic rings. The highest BCUT2D eigenvalue weighted by Gasteiger charge is 2.44. The molecule has 2 heterocycles. The van der Waals surface area contributed by atoms with Crippen LogP contribution in [0.2, 0.25) is 0 Å². The maximum Gasteiger partial charge on any atom is 0.179 e. The van der Waals surface area contributed by atoms with E-state index >= 15 is 0 Å². The van der Waals surface area contributed by atoms with Crippen LogP contribution < -0.4 is 0 Å².